The Morgan fingerprint density at radius 3 is 2.17 bits per heavy atom. The highest BCUT2D eigenvalue weighted by Gasteiger charge is 2.33. The zero-order valence-corrected chi connectivity index (χ0v) is 17.9. The first-order valence-corrected chi connectivity index (χ1v) is 11.6. The van der Waals surface area contributed by atoms with E-state index in [1.54, 1.807) is 12.1 Å². The molecule has 0 radical (unpaired) electrons. The summed E-state index contributed by atoms with van der Waals surface area (Å²) in [5.41, 5.74) is 0.674. The molecule has 1 aromatic carbocycles. The van der Waals surface area contributed by atoms with E-state index in [1.165, 1.54) is 6.42 Å². The molecule has 0 bridgehead atoms. The van der Waals surface area contributed by atoms with Gasteiger partial charge in [0.1, 0.15) is 0 Å². The van der Waals surface area contributed by atoms with Crippen molar-refractivity contribution in [3.05, 3.63) is 34.9 Å². The van der Waals surface area contributed by atoms with Gasteiger partial charge in [0.15, 0.2) is 0 Å². The maximum atomic E-state index is 12.8. The summed E-state index contributed by atoms with van der Waals surface area (Å²) in [6.07, 6.45) is 7.58. The molecule has 5 nitrogen and oxygen atoms in total. The monoisotopic (exact) mass is 417 g/mol. The fourth-order valence-corrected chi connectivity index (χ4v) is 5.31. The lowest BCUT2D eigenvalue weighted by atomic mass is 9.91. The van der Waals surface area contributed by atoms with Gasteiger partial charge in [-0.05, 0) is 76.2 Å². The molecule has 2 amide bonds. The predicted molar refractivity (Wildman–Crippen MR) is 115 cm³/mol. The molecular weight excluding hydrogens is 386 g/mol. The number of amides is 2. The summed E-state index contributed by atoms with van der Waals surface area (Å²) in [4.78, 5) is 32.1. The number of likely N-dealkylation sites (tertiary alicyclic amines) is 3. The van der Waals surface area contributed by atoms with Crippen molar-refractivity contribution in [2.24, 2.45) is 5.92 Å². The van der Waals surface area contributed by atoms with Gasteiger partial charge in [0.25, 0.3) is 5.91 Å². The van der Waals surface area contributed by atoms with Gasteiger partial charge in [-0.3, -0.25) is 9.59 Å². The SMILES string of the molecule is O=C(c1cccc(Cl)c1)N1CCC(N2CCC(C(=O)N3CCCCC3)CC2)CC1. The third-order valence-corrected chi connectivity index (χ3v) is 7.12. The average Bonchev–Trinajstić information content (AvgIpc) is 2.79. The van der Waals surface area contributed by atoms with Crippen LogP contribution in [-0.2, 0) is 4.79 Å². The molecule has 1 aromatic rings. The lowest BCUT2D eigenvalue weighted by Gasteiger charge is -2.42. The summed E-state index contributed by atoms with van der Waals surface area (Å²) >= 11 is 6.03. The molecule has 29 heavy (non-hydrogen) atoms. The Balaban J connectivity index is 1.24. The number of hydrogen-bond acceptors (Lipinski definition) is 3. The first-order valence-electron chi connectivity index (χ1n) is 11.2. The van der Waals surface area contributed by atoms with Gasteiger partial charge < -0.3 is 14.7 Å². The molecule has 0 aliphatic carbocycles. The number of benzene rings is 1. The van der Waals surface area contributed by atoms with E-state index >= 15 is 0 Å². The van der Waals surface area contributed by atoms with E-state index in [9.17, 15) is 9.59 Å². The summed E-state index contributed by atoms with van der Waals surface area (Å²) in [5, 5.41) is 0.604. The number of rotatable bonds is 3. The molecule has 0 saturated carbocycles. The molecule has 4 rings (SSSR count). The Labute approximate surface area is 179 Å². The van der Waals surface area contributed by atoms with Crippen LogP contribution in [0.25, 0.3) is 0 Å². The topological polar surface area (TPSA) is 43.9 Å². The number of carbonyl (C=O) groups is 2. The molecular formula is C23H32ClN3O2. The summed E-state index contributed by atoms with van der Waals surface area (Å²) in [7, 11) is 0. The van der Waals surface area contributed by atoms with Crippen molar-refractivity contribution in [2.75, 3.05) is 39.3 Å². The molecule has 3 aliphatic rings. The second-order valence-corrected chi connectivity index (χ2v) is 9.17. The highest BCUT2D eigenvalue weighted by Crippen LogP contribution is 2.27. The van der Waals surface area contributed by atoms with Crippen LogP contribution in [0.2, 0.25) is 5.02 Å². The van der Waals surface area contributed by atoms with Crippen LogP contribution < -0.4 is 0 Å². The van der Waals surface area contributed by atoms with Crippen LogP contribution in [0.3, 0.4) is 0 Å². The van der Waals surface area contributed by atoms with E-state index < -0.39 is 0 Å². The zero-order valence-electron chi connectivity index (χ0n) is 17.2. The Morgan fingerprint density at radius 1 is 0.828 bits per heavy atom. The molecule has 0 N–H and O–H groups in total. The van der Waals surface area contributed by atoms with E-state index in [1.807, 2.05) is 17.0 Å². The van der Waals surface area contributed by atoms with Crippen molar-refractivity contribution in [1.29, 1.82) is 0 Å². The lowest BCUT2D eigenvalue weighted by Crippen LogP contribution is -2.50. The van der Waals surface area contributed by atoms with E-state index in [0.29, 0.717) is 22.5 Å². The smallest absolute Gasteiger partial charge is 0.253 e. The van der Waals surface area contributed by atoms with Crippen molar-refractivity contribution in [3.63, 3.8) is 0 Å². The van der Waals surface area contributed by atoms with Crippen LogP contribution in [0.15, 0.2) is 24.3 Å². The van der Waals surface area contributed by atoms with Crippen LogP contribution in [0, 0.1) is 5.92 Å². The van der Waals surface area contributed by atoms with Crippen LogP contribution in [-0.4, -0.2) is 71.8 Å². The average molecular weight is 418 g/mol. The fraction of sp³-hybridized carbons (Fsp3) is 0.652. The quantitative estimate of drug-likeness (QED) is 0.753. The highest BCUT2D eigenvalue weighted by molar-refractivity contribution is 6.30. The number of carbonyl (C=O) groups excluding carboxylic acids is 2. The number of nitrogens with zero attached hydrogens (tertiary/aromatic N) is 3. The number of halogens is 1. The molecule has 3 aliphatic heterocycles. The third kappa shape index (κ3) is 4.95. The van der Waals surface area contributed by atoms with Crippen molar-refractivity contribution in [1.82, 2.24) is 14.7 Å². The molecule has 0 unspecified atom stereocenters. The summed E-state index contributed by atoms with van der Waals surface area (Å²) in [6.45, 7) is 5.52. The second-order valence-electron chi connectivity index (χ2n) is 8.73. The minimum atomic E-state index is 0.0804. The van der Waals surface area contributed by atoms with Gasteiger partial charge in [-0.15, -0.1) is 0 Å². The fourth-order valence-electron chi connectivity index (χ4n) is 5.12. The maximum Gasteiger partial charge on any atom is 0.253 e. The van der Waals surface area contributed by atoms with Gasteiger partial charge in [-0.25, -0.2) is 0 Å². The standard InChI is InChI=1S/C23H32ClN3O2/c24-20-6-4-5-19(17-20)23(29)27-15-9-21(10-16-27)25-13-7-18(8-14-25)22(28)26-11-2-1-3-12-26/h4-6,17-18,21H,1-3,7-16H2. The summed E-state index contributed by atoms with van der Waals surface area (Å²) in [5.74, 6) is 0.692. The van der Waals surface area contributed by atoms with E-state index in [-0.39, 0.29) is 11.8 Å². The maximum absolute atomic E-state index is 12.8. The van der Waals surface area contributed by atoms with Gasteiger partial charge >= 0.3 is 0 Å². The largest absolute Gasteiger partial charge is 0.342 e. The molecule has 6 heteroatoms. The summed E-state index contributed by atoms with van der Waals surface area (Å²) < 4.78 is 0. The van der Waals surface area contributed by atoms with Crippen LogP contribution in [0.5, 0.6) is 0 Å². The Morgan fingerprint density at radius 2 is 1.52 bits per heavy atom. The molecule has 0 spiro atoms. The Kier molecular flexibility index (Phi) is 6.76. The number of piperidine rings is 3. The second kappa shape index (κ2) is 9.48. The minimum absolute atomic E-state index is 0.0804. The molecule has 158 valence electrons. The summed E-state index contributed by atoms with van der Waals surface area (Å²) in [6, 6.07) is 7.75. The third-order valence-electron chi connectivity index (χ3n) is 6.89. The Hall–Kier alpha value is -1.59. The van der Waals surface area contributed by atoms with Gasteiger partial charge in [-0.2, -0.15) is 0 Å². The van der Waals surface area contributed by atoms with Gasteiger partial charge in [0, 0.05) is 48.7 Å². The minimum Gasteiger partial charge on any atom is -0.342 e. The van der Waals surface area contributed by atoms with Crippen LogP contribution in [0.4, 0.5) is 0 Å². The van der Waals surface area contributed by atoms with Gasteiger partial charge in [0.2, 0.25) is 5.91 Å². The van der Waals surface area contributed by atoms with Crippen molar-refractivity contribution in [3.8, 4) is 0 Å². The molecule has 0 atom stereocenters. The van der Waals surface area contributed by atoms with Gasteiger partial charge in [0.05, 0.1) is 0 Å². The molecule has 0 aromatic heterocycles. The van der Waals surface area contributed by atoms with Gasteiger partial charge in [-0.1, -0.05) is 17.7 Å². The van der Waals surface area contributed by atoms with E-state index in [4.69, 9.17) is 11.6 Å². The first-order chi connectivity index (χ1) is 14.1. The zero-order chi connectivity index (χ0) is 20.2. The van der Waals surface area contributed by atoms with Crippen LogP contribution >= 0.6 is 11.6 Å². The van der Waals surface area contributed by atoms with E-state index in [0.717, 1.165) is 77.8 Å². The number of hydrogen-bond donors (Lipinski definition) is 0. The molecule has 3 saturated heterocycles. The van der Waals surface area contributed by atoms with Crippen molar-refractivity contribution < 1.29 is 9.59 Å². The Bertz CT molecular complexity index is 719. The van der Waals surface area contributed by atoms with Crippen molar-refractivity contribution >= 4 is 23.4 Å². The van der Waals surface area contributed by atoms with E-state index in [2.05, 4.69) is 9.80 Å². The molecule has 3 heterocycles. The molecule has 3 fully saturated rings. The van der Waals surface area contributed by atoms with Crippen molar-refractivity contribution in [2.45, 2.75) is 51.0 Å². The highest BCUT2D eigenvalue weighted by atomic mass is 35.5. The first kappa shape index (κ1) is 20.7. The van der Waals surface area contributed by atoms with Crippen LogP contribution in [0.1, 0.15) is 55.3 Å². The lowest BCUT2D eigenvalue weighted by molar-refractivity contribution is -0.138. The normalized spacial score (nSPS) is 22.7. The predicted octanol–water partition coefficient (Wildman–Crippen LogP) is 3.67.